The van der Waals surface area contributed by atoms with Crippen LogP contribution in [-0.2, 0) is 7.05 Å². The number of nitrogens with zero attached hydrogens (tertiary/aromatic N) is 5. The molecule has 7 heteroatoms. The second-order valence-corrected chi connectivity index (χ2v) is 7.16. The summed E-state index contributed by atoms with van der Waals surface area (Å²) in [6.45, 7) is 4.00. The minimum Gasteiger partial charge on any atom is -0.342 e. The van der Waals surface area contributed by atoms with Crippen molar-refractivity contribution in [2.45, 2.75) is 13.8 Å². The van der Waals surface area contributed by atoms with Gasteiger partial charge in [0.1, 0.15) is 0 Å². The summed E-state index contributed by atoms with van der Waals surface area (Å²) < 4.78 is 9.09. The highest BCUT2D eigenvalue weighted by molar-refractivity contribution is 6.06. The molecule has 0 amide bonds. The van der Waals surface area contributed by atoms with E-state index >= 15 is 0 Å². The topological polar surface area (TPSA) is 69.1 Å². The molecule has 0 aliphatic rings. The molecule has 0 radical (unpaired) electrons. The summed E-state index contributed by atoms with van der Waals surface area (Å²) in [6.07, 6.45) is 0. The number of aromatic nitrogens is 4. The fraction of sp³-hybridized carbons (Fsp3) is 0.208. The third kappa shape index (κ3) is 3.38. The maximum Gasteiger partial charge on any atom is 0.323 e. The van der Waals surface area contributed by atoms with Gasteiger partial charge < -0.3 is 14.0 Å². The van der Waals surface area contributed by atoms with Gasteiger partial charge in [-0.25, -0.2) is 0 Å². The zero-order valence-electron chi connectivity index (χ0n) is 18.3. The summed E-state index contributed by atoms with van der Waals surface area (Å²) in [7, 11) is 5.70. The molecule has 0 atom stereocenters. The van der Waals surface area contributed by atoms with Crippen molar-refractivity contribution in [1.82, 2.24) is 19.3 Å². The highest BCUT2D eigenvalue weighted by Gasteiger charge is 2.15. The third-order valence-corrected chi connectivity index (χ3v) is 5.13. The van der Waals surface area contributed by atoms with Crippen LogP contribution < -0.4 is 10.5 Å². The van der Waals surface area contributed by atoms with Gasteiger partial charge in [0.05, 0.1) is 16.6 Å². The van der Waals surface area contributed by atoms with Gasteiger partial charge in [-0.2, -0.15) is 4.98 Å². The van der Waals surface area contributed by atoms with Crippen LogP contribution >= 0.6 is 0 Å². The standard InChI is InChI=1S/C22H19N5O2.C2H6/c1-25(2)22-23-21(24-29-22)14-8-10-15(11-9-14)27-19(28)13-12-18-20(27)16-6-4-5-7-17(16)26(18)3;1-2/h4-13H,1-3H3;1-2H3. The van der Waals surface area contributed by atoms with Crippen LogP contribution in [-0.4, -0.2) is 33.4 Å². The summed E-state index contributed by atoms with van der Waals surface area (Å²) in [5.41, 5.74) is 4.53. The molecule has 5 rings (SSSR count). The molecule has 0 spiro atoms. The summed E-state index contributed by atoms with van der Waals surface area (Å²) in [5.74, 6) is 0.510. The molecular weight excluding hydrogens is 390 g/mol. The molecule has 31 heavy (non-hydrogen) atoms. The SMILES string of the molecule is CC.CN(C)c1nc(-c2ccc(-n3c(=O)ccc4c3c3ccccc3n4C)cc2)no1. The average Bonchev–Trinajstić information content (AvgIpc) is 3.40. The van der Waals surface area contributed by atoms with E-state index in [0.717, 1.165) is 33.2 Å². The smallest absolute Gasteiger partial charge is 0.323 e. The minimum absolute atomic E-state index is 0.0731. The van der Waals surface area contributed by atoms with Crippen LogP contribution in [0.15, 0.2) is 70.0 Å². The summed E-state index contributed by atoms with van der Waals surface area (Å²) in [4.78, 5) is 19.0. The van der Waals surface area contributed by atoms with Crippen molar-refractivity contribution in [2.24, 2.45) is 7.05 Å². The molecule has 0 aliphatic heterocycles. The molecule has 0 bridgehead atoms. The van der Waals surface area contributed by atoms with E-state index < -0.39 is 0 Å². The zero-order valence-corrected chi connectivity index (χ0v) is 18.3. The van der Waals surface area contributed by atoms with Crippen LogP contribution in [0, 0.1) is 0 Å². The summed E-state index contributed by atoms with van der Waals surface area (Å²) >= 11 is 0. The number of aryl methyl sites for hydroxylation is 1. The van der Waals surface area contributed by atoms with E-state index in [0.29, 0.717) is 11.8 Å². The van der Waals surface area contributed by atoms with Gasteiger partial charge in [0, 0.05) is 43.8 Å². The second kappa shape index (κ2) is 8.10. The van der Waals surface area contributed by atoms with E-state index in [1.165, 1.54) is 0 Å². The van der Waals surface area contributed by atoms with Crippen molar-refractivity contribution < 1.29 is 4.52 Å². The monoisotopic (exact) mass is 415 g/mol. The Morgan fingerprint density at radius 3 is 2.29 bits per heavy atom. The molecule has 0 N–H and O–H groups in total. The number of fused-ring (bicyclic) bond motifs is 3. The largest absolute Gasteiger partial charge is 0.342 e. The molecule has 158 valence electrons. The van der Waals surface area contributed by atoms with Crippen LogP contribution in [0.2, 0.25) is 0 Å². The van der Waals surface area contributed by atoms with Crippen molar-refractivity contribution >= 4 is 28.0 Å². The molecule has 0 aliphatic carbocycles. The van der Waals surface area contributed by atoms with E-state index in [1.54, 1.807) is 15.5 Å². The predicted molar refractivity (Wildman–Crippen MR) is 125 cm³/mol. The molecule has 0 unspecified atom stereocenters. The van der Waals surface area contributed by atoms with E-state index in [-0.39, 0.29) is 5.56 Å². The lowest BCUT2D eigenvalue weighted by Crippen LogP contribution is -2.17. The van der Waals surface area contributed by atoms with E-state index in [2.05, 4.69) is 20.8 Å². The van der Waals surface area contributed by atoms with Crippen LogP contribution in [0.3, 0.4) is 0 Å². The normalized spacial score (nSPS) is 10.9. The van der Waals surface area contributed by atoms with Crippen LogP contribution in [0.25, 0.3) is 39.0 Å². The van der Waals surface area contributed by atoms with Crippen LogP contribution in [0.4, 0.5) is 6.01 Å². The maximum atomic E-state index is 12.8. The first kappa shape index (κ1) is 20.4. The summed E-state index contributed by atoms with van der Waals surface area (Å²) in [5, 5.41) is 5.06. The van der Waals surface area contributed by atoms with Crippen molar-refractivity contribution in [3.05, 3.63) is 71.0 Å². The lowest BCUT2D eigenvalue weighted by molar-refractivity contribution is 0.423. The lowest BCUT2D eigenvalue weighted by Gasteiger charge is -2.09. The van der Waals surface area contributed by atoms with E-state index in [9.17, 15) is 4.79 Å². The van der Waals surface area contributed by atoms with Gasteiger partial charge in [-0.3, -0.25) is 9.36 Å². The first-order chi connectivity index (χ1) is 15.0. The Hall–Kier alpha value is -3.87. The first-order valence-electron chi connectivity index (χ1n) is 10.3. The first-order valence-corrected chi connectivity index (χ1v) is 10.3. The number of benzene rings is 2. The van der Waals surface area contributed by atoms with Gasteiger partial charge in [-0.1, -0.05) is 37.2 Å². The molecule has 5 aromatic rings. The minimum atomic E-state index is -0.0731. The molecule has 7 nitrogen and oxygen atoms in total. The van der Waals surface area contributed by atoms with Crippen LogP contribution in [0.1, 0.15) is 13.8 Å². The Morgan fingerprint density at radius 2 is 1.61 bits per heavy atom. The highest BCUT2D eigenvalue weighted by Crippen LogP contribution is 2.29. The molecule has 0 saturated heterocycles. The Labute approximate surface area is 180 Å². The molecule has 0 saturated carbocycles. The van der Waals surface area contributed by atoms with E-state index in [1.807, 2.05) is 83.5 Å². The number of hydrogen-bond donors (Lipinski definition) is 0. The third-order valence-electron chi connectivity index (χ3n) is 5.13. The molecular formula is C24H25N5O2. The highest BCUT2D eigenvalue weighted by atomic mass is 16.5. The van der Waals surface area contributed by atoms with Gasteiger partial charge in [-0.15, -0.1) is 0 Å². The van der Waals surface area contributed by atoms with Gasteiger partial charge in [-0.05, 0) is 36.4 Å². The zero-order chi connectivity index (χ0) is 22.1. The fourth-order valence-corrected chi connectivity index (χ4v) is 3.68. The molecule has 0 fully saturated rings. The maximum absolute atomic E-state index is 12.8. The number of anilines is 1. The molecule has 2 aromatic carbocycles. The van der Waals surface area contributed by atoms with Gasteiger partial charge in [0.15, 0.2) is 0 Å². The Bertz CT molecular complexity index is 1410. The van der Waals surface area contributed by atoms with Crippen molar-refractivity contribution in [2.75, 3.05) is 19.0 Å². The number of rotatable bonds is 3. The van der Waals surface area contributed by atoms with Gasteiger partial charge in [0.25, 0.3) is 5.56 Å². The Balaban J connectivity index is 0.00000112. The Morgan fingerprint density at radius 1 is 0.903 bits per heavy atom. The second-order valence-electron chi connectivity index (χ2n) is 7.16. The molecule has 3 aromatic heterocycles. The van der Waals surface area contributed by atoms with Crippen molar-refractivity contribution in [3.8, 4) is 17.1 Å². The average molecular weight is 415 g/mol. The number of hydrogen-bond acceptors (Lipinski definition) is 5. The predicted octanol–water partition coefficient (Wildman–Crippen LogP) is 4.62. The Kier molecular flexibility index (Phi) is 5.33. The van der Waals surface area contributed by atoms with Crippen molar-refractivity contribution in [1.29, 1.82) is 0 Å². The number of pyridine rings is 1. The fourth-order valence-electron chi connectivity index (χ4n) is 3.68. The number of para-hydroxylation sites is 1. The van der Waals surface area contributed by atoms with Gasteiger partial charge >= 0.3 is 6.01 Å². The lowest BCUT2D eigenvalue weighted by atomic mass is 10.1. The van der Waals surface area contributed by atoms with E-state index in [4.69, 9.17) is 4.52 Å². The molecule has 3 heterocycles. The summed E-state index contributed by atoms with van der Waals surface area (Å²) in [6, 6.07) is 19.6. The quantitative estimate of drug-likeness (QED) is 0.430. The van der Waals surface area contributed by atoms with Gasteiger partial charge in [0.2, 0.25) is 5.82 Å². The van der Waals surface area contributed by atoms with Crippen LogP contribution in [0.5, 0.6) is 0 Å². The van der Waals surface area contributed by atoms with Crippen molar-refractivity contribution in [3.63, 3.8) is 0 Å².